The van der Waals surface area contributed by atoms with Crippen molar-refractivity contribution in [3.05, 3.63) is 29.3 Å². The summed E-state index contributed by atoms with van der Waals surface area (Å²) >= 11 is 6.01. The fraction of sp³-hybridized carbons (Fsp3) is 0.538. The molecule has 20 heavy (non-hydrogen) atoms. The lowest BCUT2D eigenvalue weighted by molar-refractivity contribution is 0.156. The van der Waals surface area contributed by atoms with Crippen LogP contribution < -0.4 is 10.4 Å². The second kappa shape index (κ2) is 10.5. The zero-order valence-electron chi connectivity index (χ0n) is 11.3. The summed E-state index contributed by atoms with van der Waals surface area (Å²) in [5, 5.41) is 9.32. The van der Waals surface area contributed by atoms with Crippen molar-refractivity contribution in [2.24, 2.45) is 0 Å². The van der Waals surface area contributed by atoms with Crippen LogP contribution in [0.15, 0.2) is 24.3 Å². The van der Waals surface area contributed by atoms with Crippen molar-refractivity contribution in [3.63, 3.8) is 0 Å². The minimum absolute atomic E-state index is 0. The molecule has 0 aliphatic carbocycles. The summed E-state index contributed by atoms with van der Waals surface area (Å²) in [5.41, 5.74) is 3.40. The Kier molecular flexibility index (Phi) is 10.4. The van der Waals surface area contributed by atoms with Gasteiger partial charge in [-0.3, -0.25) is 4.90 Å². The number of halogens is 3. The Morgan fingerprint density at radius 3 is 2.45 bits per heavy atom. The predicted octanol–water partition coefficient (Wildman–Crippen LogP) is 2.67. The molecule has 7 heteroatoms. The molecule has 1 aliphatic rings. The maximum atomic E-state index is 8.52. The summed E-state index contributed by atoms with van der Waals surface area (Å²) in [6, 6.07) is 8.03. The molecule has 0 radical (unpaired) electrons. The SMILES string of the molecule is Cl.Cl.ONCCCN1CCN(c2cccc(Cl)c2)CC1. The van der Waals surface area contributed by atoms with E-state index in [0.717, 1.165) is 44.2 Å². The van der Waals surface area contributed by atoms with E-state index < -0.39 is 0 Å². The first-order valence-corrected chi connectivity index (χ1v) is 6.77. The summed E-state index contributed by atoms with van der Waals surface area (Å²) in [6.45, 7) is 5.90. The first kappa shape index (κ1) is 19.8. The van der Waals surface area contributed by atoms with Crippen LogP contribution in [0.1, 0.15) is 6.42 Å². The smallest absolute Gasteiger partial charge is 0.0426 e. The Labute approximate surface area is 137 Å². The van der Waals surface area contributed by atoms with Crippen molar-refractivity contribution in [1.82, 2.24) is 10.4 Å². The maximum Gasteiger partial charge on any atom is 0.0426 e. The Bertz CT molecular complexity index is 374. The highest BCUT2D eigenvalue weighted by Gasteiger charge is 2.16. The first-order valence-electron chi connectivity index (χ1n) is 6.39. The molecule has 2 N–H and O–H groups in total. The second-order valence-corrected chi connectivity index (χ2v) is 5.01. The van der Waals surface area contributed by atoms with Crippen LogP contribution in [0, 0.1) is 0 Å². The van der Waals surface area contributed by atoms with E-state index in [9.17, 15) is 0 Å². The normalized spacial score (nSPS) is 15.4. The van der Waals surface area contributed by atoms with Crippen molar-refractivity contribution >= 4 is 42.1 Å². The van der Waals surface area contributed by atoms with Gasteiger partial charge in [-0.05, 0) is 31.2 Å². The Balaban J connectivity index is 0.00000180. The van der Waals surface area contributed by atoms with Gasteiger partial charge in [0.25, 0.3) is 0 Å². The Morgan fingerprint density at radius 1 is 1.15 bits per heavy atom. The lowest BCUT2D eigenvalue weighted by Gasteiger charge is -2.36. The lowest BCUT2D eigenvalue weighted by Crippen LogP contribution is -2.46. The van der Waals surface area contributed by atoms with Gasteiger partial charge in [0.2, 0.25) is 0 Å². The fourth-order valence-electron chi connectivity index (χ4n) is 2.28. The van der Waals surface area contributed by atoms with Crippen molar-refractivity contribution in [2.75, 3.05) is 44.2 Å². The molecular formula is C13H22Cl3N3O. The molecule has 1 heterocycles. The van der Waals surface area contributed by atoms with Gasteiger partial charge in [-0.25, -0.2) is 5.48 Å². The standard InChI is InChI=1S/C13H20ClN3O.2ClH/c14-12-3-1-4-13(11-12)17-9-7-16(8-10-17)6-2-5-15-18;;/h1,3-4,11,15,18H,2,5-10H2;2*1H. The lowest BCUT2D eigenvalue weighted by atomic mass is 10.2. The molecule has 1 aliphatic heterocycles. The number of rotatable bonds is 5. The molecule has 0 spiro atoms. The molecule has 2 rings (SSSR count). The van der Waals surface area contributed by atoms with Crippen molar-refractivity contribution in [2.45, 2.75) is 6.42 Å². The monoisotopic (exact) mass is 341 g/mol. The zero-order valence-corrected chi connectivity index (χ0v) is 13.7. The van der Waals surface area contributed by atoms with Crippen LogP contribution in [-0.4, -0.2) is 49.4 Å². The van der Waals surface area contributed by atoms with Gasteiger partial charge >= 0.3 is 0 Å². The van der Waals surface area contributed by atoms with Crippen LogP contribution >= 0.6 is 36.4 Å². The molecule has 0 saturated carbocycles. The number of hydroxylamine groups is 1. The average Bonchev–Trinajstić information content (AvgIpc) is 2.40. The summed E-state index contributed by atoms with van der Waals surface area (Å²) < 4.78 is 0. The van der Waals surface area contributed by atoms with Gasteiger partial charge < -0.3 is 10.1 Å². The fourth-order valence-corrected chi connectivity index (χ4v) is 2.47. The topological polar surface area (TPSA) is 38.7 Å². The van der Waals surface area contributed by atoms with Crippen LogP contribution in [-0.2, 0) is 0 Å². The number of piperazine rings is 1. The van der Waals surface area contributed by atoms with Crippen LogP contribution in [0.4, 0.5) is 5.69 Å². The summed E-state index contributed by atoms with van der Waals surface area (Å²) in [6.07, 6.45) is 0.980. The maximum absolute atomic E-state index is 8.52. The van der Waals surface area contributed by atoms with Crippen molar-refractivity contribution < 1.29 is 5.21 Å². The molecular weight excluding hydrogens is 321 g/mol. The highest BCUT2D eigenvalue weighted by Crippen LogP contribution is 2.20. The highest BCUT2D eigenvalue weighted by atomic mass is 35.5. The van der Waals surface area contributed by atoms with Crippen LogP contribution in [0.25, 0.3) is 0 Å². The largest absolute Gasteiger partial charge is 0.369 e. The molecule has 0 amide bonds. The quantitative estimate of drug-likeness (QED) is 0.637. The third-order valence-electron chi connectivity index (χ3n) is 3.31. The second-order valence-electron chi connectivity index (χ2n) is 4.57. The Hall–Kier alpha value is -0.230. The van der Waals surface area contributed by atoms with Gasteiger partial charge in [0.1, 0.15) is 0 Å². The number of hydrogen-bond acceptors (Lipinski definition) is 4. The zero-order chi connectivity index (χ0) is 12.8. The summed E-state index contributed by atoms with van der Waals surface area (Å²) in [7, 11) is 0. The average molecular weight is 343 g/mol. The molecule has 1 aromatic carbocycles. The van der Waals surface area contributed by atoms with E-state index in [-0.39, 0.29) is 24.8 Å². The third kappa shape index (κ3) is 6.04. The number of hydrogen-bond donors (Lipinski definition) is 2. The first-order chi connectivity index (χ1) is 8.79. The van der Waals surface area contributed by atoms with Gasteiger partial charge in [0.05, 0.1) is 0 Å². The van der Waals surface area contributed by atoms with E-state index in [4.69, 9.17) is 16.8 Å². The van der Waals surface area contributed by atoms with E-state index in [0.29, 0.717) is 6.54 Å². The molecule has 1 aromatic rings. The number of nitrogens with one attached hydrogen (secondary N) is 1. The molecule has 0 aromatic heterocycles. The number of benzene rings is 1. The van der Waals surface area contributed by atoms with E-state index >= 15 is 0 Å². The van der Waals surface area contributed by atoms with Gasteiger partial charge in [0, 0.05) is 43.4 Å². The molecule has 4 nitrogen and oxygen atoms in total. The molecule has 1 saturated heterocycles. The predicted molar refractivity (Wildman–Crippen MR) is 89.0 cm³/mol. The Morgan fingerprint density at radius 2 is 1.85 bits per heavy atom. The molecule has 0 atom stereocenters. The molecule has 1 fully saturated rings. The van der Waals surface area contributed by atoms with E-state index in [1.165, 1.54) is 5.69 Å². The van der Waals surface area contributed by atoms with E-state index in [1.807, 2.05) is 18.2 Å². The molecule has 116 valence electrons. The van der Waals surface area contributed by atoms with Crippen LogP contribution in [0.3, 0.4) is 0 Å². The molecule has 0 bridgehead atoms. The van der Waals surface area contributed by atoms with Crippen LogP contribution in [0.5, 0.6) is 0 Å². The summed E-state index contributed by atoms with van der Waals surface area (Å²) in [5.74, 6) is 0. The van der Waals surface area contributed by atoms with E-state index in [1.54, 1.807) is 0 Å². The van der Waals surface area contributed by atoms with Crippen LogP contribution in [0.2, 0.25) is 5.02 Å². The van der Waals surface area contributed by atoms with Crippen molar-refractivity contribution in [1.29, 1.82) is 0 Å². The van der Waals surface area contributed by atoms with Gasteiger partial charge in [-0.1, -0.05) is 17.7 Å². The third-order valence-corrected chi connectivity index (χ3v) is 3.54. The minimum atomic E-state index is 0. The van der Waals surface area contributed by atoms with Gasteiger partial charge in [0.15, 0.2) is 0 Å². The van der Waals surface area contributed by atoms with Crippen molar-refractivity contribution in [3.8, 4) is 0 Å². The van der Waals surface area contributed by atoms with Gasteiger partial charge in [-0.2, -0.15) is 0 Å². The number of nitrogens with zero attached hydrogens (tertiary/aromatic N) is 2. The minimum Gasteiger partial charge on any atom is -0.369 e. The van der Waals surface area contributed by atoms with E-state index in [2.05, 4.69) is 21.3 Å². The molecule has 0 unspecified atom stereocenters. The number of anilines is 1. The summed E-state index contributed by atoms with van der Waals surface area (Å²) in [4.78, 5) is 4.80. The van der Waals surface area contributed by atoms with Gasteiger partial charge in [-0.15, -0.1) is 24.8 Å². The highest BCUT2D eigenvalue weighted by molar-refractivity contribution is 6.30.